The van der Waals surface area contributed by atoms with Crippen LogP contribution in [0.3, 0.4) is 0 Å². The highest BCUT2D eigenvalue weighted by Gasteiger charge is 2.24. The summed E-state index contributed by atoms with van der Waals surface area (Å²) in [6.45, 7) is 4.39. The molecular weight excluding hydrogens is 552 g/mol. The van der Waals surface area contributed by atoms with Gasteiger partial charge in [-0.25, -0.2) is 4.98 Å². The highest BCUT2D eigenvalue weighted by atomic mass is 16.5. The van der Waals surface area contributed by atoms with E-state index in [0.29, 0.717) is 31.5 Å². The number of imidazole rings is 1. The Morgan fingerprint density at radius 2 is 1.55 bits per heavy atom. The summed E-state index contributed by atoms with van der Waals surface area (Å²) in [5.74, 6) is 1.77. The Hall–Kier alpha value is -5.11. The standard InChI is InChI=1S/C36H36N4O4/c1-25(41)26-11-13-27(14-12-26)29-15-17-34-37-36(28-7-6-8-30(23-28)43-2)32(40(34)24-29)16-18-35(42)39-21-19-38(20-22-39)31-9-4-5-10-33(31)44-3/h4-15,17,23-24H,16,18-22H2,1-3H3. The van der Waals surface area contributed by atoms with Crippen LogP contribution in [0.5, 0.6) is 11.5 Å². The summed E-state index contributed by atoms with van der Waals surface area (Å²) >= 11 is 0. The van der Waals surface area contributed by atoms with Crippen LogP contribution in [0.4, 0.5) is 5.69 Å². The van der Waals surface area contributed by atoms with Gasteiger partial charge >= 0.3 is 0 Å². The molecule has 6 rings (SSSR count). The van der Waals surface area contributed by atoms with Gasteiger partial charge in [-0.3, -0.25) is 9.59 Å². The number of amides is 1. The lowest BCUT2D eigenvalue weighted by atomic mass is 10.0. The Kier molecular flexibility index (Phi) is 8.32. The summed E-state index contributed by atoms with van der Waals surface area (Å²) in [4.78, 5) is 34.5. The van der Waals surface area contributed by atoms with Crippen LogP contribution in [-0.2, 0) is 11.2 Å². The number of benzene rings is 3. The van der Waals surface area contributed by atoms with Crippen LogP contribution in [0.2, 0.25) is 0 Å². The van der Waals surface area contributed by atoms with Crippen molar-refractivity contribution < 1.29 is 19.1 Å². The fourth-order valence-corrected chi connectivity index (χ4v) is 5.87. The highest BCUT2D eigenvalue weighted by molar-refractivity contribution is 5.94. The van der Waals surface area contributed by atoms with Crippen molar-refractivity contribution in [1.29, 1.82) is 0 Å². The number of ketones is 1. The van der Waals surface area contributed by atoms with Gasteiger partial charge in [-0.1, -0.05) is 48.5 Å². The van der Waals surface area contributed by atoms with Gasteiger partial charge in [0.15, 0.2) is 5.78 Å². The van der Waals surface area contributed by atoms with Crippen molar-refractivity contribution in [2.24, 2.45) is 0 Å². The Morgan fingerprint density at radius 1 is 0.795 bits per heavy atom. The molecule has 1 fully saturated rings. The van der Waals surface area contributed by atoms with E-state index in [2.05, 4.69) is 21.6 Å². The summed E-state index contributed by atoms with van der Waals surface area (Å²) in [5, 5.41) is 0. The van der Waals surface area contributed by atoms with Crippen molar-refractivity contribution >= 4 is 23.0 Å². The predicted octanol–water partition coefficient (Wildman–Crippen LogP) is 6.17. The van der Waals surface area contributed by atoms with Crippen LogP contribution < -0.4 is 14.4 Å². The van der Waals surface area contributed by atoms with Crippen LogP contribution in [0.1, 0.15) is 29.4 Å². The van der Waals surface area contributed by atoms with Gasteiger partial charge in [0.05, 0.1) is 31.3 Å². The molecule has 8 heteroatoms. The number of carbonyl (C=O) groups is 2. The number of Topliss-reactive ketones (excluding diaryl/α,β-unsaturated/α-hetero) is 1. The zero-order valence-electron chi connectivity index (χ0n) is 25.3. The number of hydrogen-bond donors (Lipinski definition) is 0. The van der Waals surface area contributed by atoms with E-state index < -0.39 is 0 Å². The first-order chi connectivity index (χ1) is 21.4. The smallest absolute Gasteiger partial charge is 0.223 e. The lowest BCUT2D eigenvalue weighted by Crippen LogP contribution is -2.49. The summed E-state index contributed by atoms with van der Waals surface area (Å²) in [5.41, 5.74) is 7.29. The lowest BCUT2D eigenvalue weighted by molar-refractivity contribution is -0.131. The van der Waals surface area contributed by atoms with Crippen LogP contribution >= 0.6 is 0 Å². The number of hydrogen-bond acceptors (Lipinski definition) is 6. The van der Waals surface area contributed by atoms with Gasteiger partial charge in [0.1, 0.15) is 17.1 Å². The minimum Gasteiger partial charge on any atom is -0.497 e. The number of para-hydroxylation sites is 2. The van der Waals surface area contributed by atoms with Crippen molar-refractivity contribution in [2.75, 3.05) is 45.3 Å². The quantitative estimate of drug-likeness (QED) is 0.192. The fraction of sp³-hybridized carbons (Fsp3) is 0.250. The third-order valence-corrected chi connectivity index (χ3v) is 8.32. The van der Waals surface area contributed by atoms with Gasteiger partial charge in [-0.2, -0.15) is 0 Å². The number of piperazine rings is 1. The second-order valence-electron chi connectivity index (χ2n) is 11.0. The molecule has 0 unspecified atom stereocenters. The molecule has 1 aliphatic heterocycles. The SMILES string of the molecule is COc1cccc(-c2nc3ccc(-c4ccc(C(C)=O)cc4)cn3c2CCC(=O)N2CCN(c3ccccc3OC)CC2)c1. The zero-order valence-corrected chi connectivity index (χ0v) is 25.3. The van der Waals surface area contributed by atoms with Crippen LogP contribution in [0.15, 0.2) is 91.1 Å². The minimum atomic E-state index is 0.0395. The molecule has 3 aromatic carbocycles. The molecule has 2 aromatic heterocycles. The van der Waals surface area contributed by atoms with Gasteiger partial charge < -0.3 is 23.7 Å². The first-order valence-corrected chi connectivity index (χ1v) is 14.9. The van der Waals surface area contributed by atoms with Crippen LogP contribution in [0.25, 0.3) is 28.0 Å². The van der Waals surface area contributed by atoms with E-state index in [9.17, 15) is 9.59 Å². The Morgan fingerprint density at radius 3 is 2.27 bits per heavy atom. The van der Waals surface area contributed by atoms with Crippen LogP contribution in [0, 0.1) is 0 Å². The molecule has 44 heavy (non-hydrogen) atoms. The first-order valence-electron chi connectivity index (χ1n) is 14.9. The number of nitrogens with zero attached hydrogens (tertiary/aromatic N) is 4. The maximum absolute atomic E-state index is 13.5. The number of anilines is 1. The summed E-state index contributed by atoms with van der Waals surface area (Å²) in [6, 6.07) is 27.5. The third-order valence-electron chi connectivity index (χ3n) is 8.32. The number of ether oxygens (including phenoxy) is 2. The predicted molar refractivity (Wildman–Crippen MR) is 173 cm³/mol. The van der Waals surface area contributed by atoms with E-state index in [1.165, 1.54) is 0 Å². The number of aryl methyl sites for hydroxylation is 1. The van der Waals surface area contributed by atoms with Crippen LogP contribution in [-0.4, -0.2) is 66.4 Å². The molecule has 1 amide bonds. The van der Waals surface area contributed by atoms with Crippen molar-refractivity contribution in [3.05, 3.63) is 102 Å². The summed E-state index contributed by atoms with van der Waals surface area (Å²) in [6.07, 6.45) is 2.98. The van der Waals surface area contributed by atoms with Crippen molar-refractivity contribution in [3.63, 3.8) is 0 Å². The average Bonchev–Trinajstić information content (AvgIpc) is 3.45. The second-order valence-corrected chi connectivity index (χ2v) is 11.0. The van der Waals surface area contributed by atoms with Gasteiger partial charge in [0, 0.05) is 49.9 Å². The topological polar surface area (TPSA) is 76.4 Å². The number of methoxy groups -OCH3 is 2. The largest absolute Gasteiger partial charge is 0.497 e. The molecule has 0 spiro atoms. The lowest BCUT2D eigenvalue weighted by Gasteiger charge is -2.36. The van der Waals surface area contributed by atoms with Crippen molar-refractivity contribution in [3.8, 4) is 33.9 Å². The number of pyridine rings is 1. The Balaban J connectivity index is 1.26. The maximum Gasteiger partial charge on any atom is 0.223 e. The molecule has 0 atom stereocenters. The second kappa shape index (κ2) is 12.6. The molecule has 8 nitrogen and oxygen atoms in total. The molecule has 0 saturated carbocycles. The third kappa shape index (κ3) is 5.88. The van der Waals surface area contributed by atoms with E-state index >= 15 is 0 Å². The zero-order chi connectivity index (χ0) is 30.6. The number of rotatable bonds is 9. The fourth-order valence-electron chi connectivity index (χ4n) is 5.87. The van der Waals surface area contributed by atoms with Gasteiger partial charge in [-0.05, 0) is 60.9 Å². The summed E-state index contributed by atoms with van der Waals surface area (Å²) < 4.78 is 13.1. The van der Waals surface area contributed by atoms with E-state index in [-0.39, 0.29) is 11.7 Å². The average molecular weight is 589 g/mol. The minimum absolute atomic E-state index is 0.0395. The molecular formula is C36H36N4O4. The molecule has 3 heterocycles. The monoisotopic (exact) mass is 588 g/mol. The van der Waals surface area contributed by atoms with E-state index in [4.69, 9.17) is 14.5 Å². The molecule has 1 saturated heterocycles. The molecule has 5 aromatic rings. The summed E-state index contributed by atoms with van der Waals surface area (Å²) in [7, 11) is 3.34. The van der Waals surface area contributed by atoms with Gasteiger partial charge in [0.2, 0.25) is 5.91 Å². The number of carbonyl (C=O) groups excluding carboxylic acids is 2. The molecule has 0 N–H and O–H groups in total. The first kappa shape index (κ1) is 29.0. The Labute approximate surface area is 257 Å². The van der Waals surface area contributed by atoms with E-state index in [1.807, 2.05) is 83.8 Å². The van der Waals surface area contributed by atoms with E-state index in [1.54, 1.807) is 21.1 Å². The van der Waals surface area contributed by atoms with Crippen molar-refractivity contribution in [2.45, 2.75) is 19.8 Å². The number of aromatic nitrogens is 2. The normalized spacial score (nSPS) is 13.2. The van der Waals surface area contributed by atoms with E-state index in [0.717, 1.165) is 64.0 Å². The molecule has 0 radical (unpaired) electrons. The molecule has 1 aliphatic rings. The highest BCUT2D eigenvalue weighted by Crippen LogP contribution is 2.31. The molecule has 0 aliphatic carbocycles. The molecule has 0 bridgehead atoms. The van der Waals surface area contributed by atoms with Gasteiger partial charge in [-0.15, -0.1) is 0 Å². The maximum atomic E-state index is 13.5. The Bertz CT molecular complexity index is 1800. The van der Waals surface area contributed by atoms with Gasteiger partial charge in [0.25, 0.3) is 0 Å². The molecule has 224 valence electrons. The number of fused-ring (bicyclic) bond motifs is 1. The van der Waals surface area contributed by atoms with Crippen molar-refractivity contribution in [1.82, 2.24) is 14.3 Å².